The van der Waals surface area contributed by atoms with Gasteiger partial charge in [0.05, 0.1) is 18.7 Å². The highest BCUT2D eigenvalue weighted by molar-refractivity contribution is 7.08. The molecule has 2 aromatic carbocycles. The van der Waals surface area contributed by atoms with Gasteiger partial charge in [-0.2, -0.15) is 16.4 Å². The number of aromatic nitrogens is 2. The third kappa shape index (κ3) is 4.56. The molecule has 0 saturated heterocycles. The minimum Gasteiger partial charge on any atom is -0.354 e. The number of amides is 1. The van der Waals surface area contributed by atoms with E-state index in [9.17, 15) is 4.79 Å². The molecule has 0 aliphatic rings. The molecule has 5 heteroatoms. The van der Waals surface area contributed by atoms with Crippen LogP contribution in [0.1, 0.15) is 5.56 Å². The highest BCUT2D eigenvalue weighted by atomic mass is 32.1. The van der Waals surface area contributed by atoms with Gasteiger partial charge in [-0.3, -0.25) is 9.48 Å². The maximum atomic E-state index is 12.2. The molecule has 1 amide bonds. The summed E-state index contributed by atoms with van der Waals surface area (Å²) in [4.78, 5) is 12.2. The molecule has 0 aliphatic heterocycles. The van der Waals surface area contributed by atoms with Gasteiger partial charge < -0.3 is 5.32 Å². The maximum absolute atomic E-state index is 12.2. The van der Waals surface area contributed by atoms with Crippen LogP contribution < -0.4 is 5.32 Å². The zero-order valence-electron chi connectivity index (χ0n) is 15.4. The molecule has 28 heavy (non-hydrogen) atoms. The maximum Gasteiger partial charge on any atom is 0.224 e. The first kappa shape index (κ1) is 18.2. The van der Waals surface area contributed by atoms with E-state index < -0.39 is 0 Å². The van der Waals surface area contributed by atoms with E-state index >= 15 is 0 Å². The fourth-order valence-corrected chi connectivity index (χ4v) is 3.70. The van der Waals surface area contributed by atoms with Gasteiger partial charge in [-0.05, 0) is 34.2 Å². The van der Waals surface area contributed by atoms with Crippen LogP contribution in [0.5, 0.6) is 0 Å². The Hall–Kier alpha value is -3.18. The molecule has 4 aromatic rings. The van der Waals surface area contributed by atoms with Crippen LogP contribution in [0.15, 0.2) is 83.7 Å². The van der Waals surface area contributed by atoms with E-state index in [1.165, 1.54) is 5.56 Å². The molecule has 1 N–H and O–H groups in total. The van der Waals surface area contributed by atoms with Crippen molar-refractivity contribution in [3.8, 4) is 22.4 Å². The number of carbonyl (C=O) groups excluding carboxylic acids is 1. The second kappa shape index (κ2) is 8.67. The molecule has 0 atom stereocenters. The quantitative estimate of drug-likeness (QED) is 0.502. The van der Waals surface area contributed by atoms with Crippen molar-refractivity contribution in [2.75, 3.05) is 6.54 Å². The number of nitrogens with zero attached hydrogens (tertiary/aromatic N) is 2. The van der Waals surface area contributed by atoms with Crippen molar-refractivity contribution in [2.45, 2.75) is 13.0 Å². The van der Waals surface area contributed by atoms with E-state index in [1.54, 1.807) is 11.3 Å². The van der Waals surface area contributed by atoms with Crippen LogP contribution >= 0.6 is 11.3 Å². The molecule has 0 spiro atoms. The third-order valence-corrected chi connectivity index (χ3v) is 5.23. The monoisotopic (exact) mass is 387 g/mol. The van der Waals surface area contributed by atoms with Crippen molar-refractivity contribution in [3.63, 3.8) is 0 Å². The lowest BCUT2D eigenvalue weighted by atomic mass is 10.0. The summed E-state index contributed by atoms with van der Waals surface area (Å²) in [6, 6.07) is 22.4. The van der Waals surface area contributed by atoms with Crippen LogP contribution in [0.3, 0.4) is 0 Å². The van der Waals surface area contributed by atoms with Gasteiger partial charge in [0.15, 0.2) is 0 Å². The highest BCUT2D eigenvalue weighted by Gasteiger charge is 2.06. The number of hydrogen-bond donors (Lipinski definition) is 1. The Bertz CT molecular complexity index is 1020. The summed E-state index contributed by atoms with van der Waals surface area (Å²) in [6.07, 6.45) is 2.33. The number of thiophene rings is 1. The zero-order chi connectivity index (χ0) is 19.2. The Morgan fingerprint density at radius 1 is 0.929 bits per heavy atom. The van der Waals surface area contributed by atoms with Gasteiger partial charge >= 0.3 is 0 Å². The lowest BCUT2D eigenvalue weighted by molar-refractivity contribution is -0.120. The Balaban J connectivity index is 1.26. The van der Waals surface area contributed by atoms with Crippen LogP contribution in [0.4, 0.5) is 0 Å². The molecule has 0 radical (unpaired) electrons. The highest BCUT2D eigenvalue weighted by Crippen LogP contribution is 2.20. The Morgan fingerprint density at radius 3 is 2.46 bits per heavy atom. The Morgan fingerprint density at radius 2 is 1.71 bits per heavy atom. The Kier molecular flexibility index (Phi) is 5.64. The summed E-state index contributed by atoms with van der Waals surface area (Å²) >= 11 is 1.66. The van der Waals surface area contributed by atoms with E-state index in [4.69, 9.17) is 0 Å². The fourth-order valence-electron chi connectivity index (χ4n) is 3.05. The number of rotatable bonds is 7. The summed E-state index contributed by atoms with van der Waals surface area (Å²) in [5.41, 5.74) is 5.44. The molecule has 2 aromatic heterocycles. The first-order valence-corrected chi connectivity index (χ1v) is 10.2. The topological polar surface area (TPSA) is 46.9 Å². The van der Waals surface area contributed by atoms with Gasteiger partial charge in [-0.1, -0.05) is 54.6 Å². The van der Waals surface area contributed by atoms with Crippen molar-refractivity contribution in [3.05, 3.63) is 89.3 Å². The molecule has 4 rings (SSSR count). The van der Waals surface area contributed by atoms with Crippen LogP contribution in [0, 0.1) is 0 Å². The van der Waals surface area contributed by atoms with Gasteiger partial charge in [-0.15, -0.1) is 0 Å². The lowest BCUT2D eigenvalue weighted by Gasteiger charge is -2.07. The van der Waals surface area contributed by atoms with E-state index in [0.29, 0.717) is 19.5 Å². The first-order valence-electron chi connectivity index (χ1n) is 9.25. The molecule has 2 heterocycles. The summed E-state index contributed by atoms with van der Waals surface area (Å²) in [7, 11) is 0. The molecule has 140 valence electrons. The average molecular weight is 388 g/mol. The van der Waals surface area contributed by atoms with Gasteiger partial charge in [0.1, 0.15) is 0 Å². The number of nitrogens with one attached hydrogen (secondary N) is 1. The van der Waals surface area contributed by atoms with Crippen LogP contribution in [-0.2, 0) is 17.8 Å². The first-order chi connectivity index (χ1) is 13.8. The minimum absolute atomic E-state index is 0.0256. The summed E-state index contributed by atoms with van der Waals surface area (Å²) in [6.45, 7) is 1.22. The standard InChI is InChI=1S/C23H21N3OS/c27-23(16-18-6-8-20(9-7-18)19-4-2-1-3-5-19)24-12-14-26-13-10-22(25-26)21-11-15-28-17-21/h1-11,13,15,17H,12,14,16H2,(H,24,27). The van der Waals surface area contributed by atoms with Crippen molar-refractivity contribution >= 4 is 17.2 Å². The molecular weight excluding hydrogens is 366 g/mol. The number of benzene rings is 2. The molecule has 0 aliphatic carbocycles. The van der Waals surface area contributed by atoms with Gasteiger partial charge in [0, 0.05) is 23.7 Å². The average Bonchev–Trinajstić information content (AvgIpc) is 3.41. The predicted octanol–water partition coefficient (Wildman–Crippen LogP) is 4.64. The van der Waals surface area contributed by atoms with E-state index in [-0.39, 0.29) is 5.91 Å². The van der Waals surface area contributed by atoms with Crippen molar-refractivity contribution in [1.82, 2.24) is 15.1 Å². The smallest absolute Gasteiger partial charge is 0.224 e. The van der Waals surface area contributed by atoms with E-state index in [0.717, 1.165) is 22.4 Å². The third-order valence-electron chi connectivity index (χ3n) is 4.55. The van der Waals surface area contributed by atoms with Crippen molar-refractivity contribution in [2.24, 2.45) is 0 Å². The second-order valence-electron chi connectivity index (χ2n) is 6.57. The summed E-state index contributed by atoms with van der Waals surface area (Å²) < 4.78 is 1.86. The molecule has 0 saturated carbocycles. The molecule has 4 nitrogen and oxygen atoms in total. The number of carbonyl (C=O) groups is 1. The second-order valence-corrected chi connectivity index (χ2v) is 7.35. The predicted molar refractivity (Wildman–Crippen MR) is 114 cm³/mol. The van der Waals surface area contributed by atoms with Crippen LogP contribution in [0.25, 0.3) is 22.4 Å². The van der Waals surface area contributed by atoms with Crippen molar-refractivity contribution < 1.29 is 4.79 Å². The van der Waals surface area contributed by atoms with E-state index in [1.807, 2.05) is 52.7 Å². The van der Waals surface area contributed by atoms with Gasteiger partial charge in [0.25, 0.3) is 0 Å². The molecular formula is C23H21N3OS. The van der Waals surface area contributed by atoms with E-state index in [2.05, 4.69) is 46.1 Å². The minimum atomic E-state index is 0.0256. The zero-order valence-corrected chi connectivity index (χ0v) is 16.2. The van der Waals surface area contributed by atoms with Crippen molar-refractivity contribution in [1.29, 1.82) is 0 Å². The SMILES string of the molecule is O=C(Cc1ccc(-c2ccccc2)cc1)NCCn1ccc(-c2ccsc2)n1. The van der Waals surface area contributed by atoms with Gasteiger partial charge in [0.2, 0.25) is 5.91 Å². The van der Waals surface area contributed by atoms with Crippen LogP contribution in [-0.4, -0.2) is 22.2 Å². The van der Waals surface area contributed by atoms with Gasteiger partial charge in [-0.25, -0.2) is 0 Å². The molecule has 0 unspecified atom stereocenters. The Labute approximate surface area is 168 Å². The normalized spacial score (nSPS) is 10.7. The summed E-state index contributed by atoms with van der Waals surface area (Å²) in [5.74, 6) is 0.0256. The summed E-state index contributed by atoms with van der Waals surface area (Å²) in [5, 5.41) is 11.6. The van der Waals surface area contributed by atoms with Crippen LogP contribution in [0.2, 0.25) is 0 Å². The molecule has 0 bridgehead atoms. The molecule has 0 fully saturated rings. The largest absolute Gasteiger partial charge is 0.354 e. The number of hydrogen-bond acceptors (Lipinski definition) is 3. The fraction of sp³-hybridized carbons (Fsp3) is 0.130. The lowest BCUT2D eigenvalue weighted by Crippen LogP contribution is -2.28.